The van der Waals surface area contributed by atoms with E-state index in [-0.39, 0.29) is 24.6 Å². The van der Waals surface area contributed by atoms with Crippen LogP contribution in [-0.4, -0.2) is 57.6 Å². The molecule has 0 bridgehead atoms. The molecule has 0 saturated heterocycles. The molecule has 88 valence electrons. The Labute approximate surface area is 90.3 Å². The SMILES string of the molecule is COCCN(C)CC(=O)CCC(=O)OC. The molecule has 0 heterocycles. The van der Waals surface area contributed by atoms with Gasteiger partial charge in [0.05, 0.1) is 26.7 Å². The molecule has 5 heteroatoms. The van der Waals surface area contributed by atoms with Crippen LogP contribution < -0.4 is 0 Å². The van der Waals surface area contributed by atoms with Gasteiger partial charge in [0.2, 0.25) is 0 Å². The highest BCUT2D eigenvalue weighted by Gasteiger charge is 2.09. The molecule has 0 aromatic carbocycles. The second-order valence-electron chi connectivity index (χ2n) is 3.35. The zero-order chi connectivity index (χ0) is 11.7. The molecular weight excluding hydrogens is 198 g/mol. The van der Waals surface area contributed by atoms with Gasteiger partial charge in [-0.1, -0.05) is 0 Å². The molecule has 0 aromatic rings. The van der Waals surface area contributed by atoms with Crippen molar-refractivity contribution in [1.82, 2.24) is 4.90 Å². The highest BCUT2D eigenvalue weighted by molar-refractivity contribution is 5.84. The number of likely N-dealkylation sites (N-methyl/N-ethyl adjacent to an activating group) is 1. The van der Waals surface area contributed by atoms with Crippen LogP contribution in [-0.2, 0) is 19.1 Å². The first kappa shape index (κ1) is 14.1. The number of esters is 1. The third-order valence-electron chi connectivity index (χ3n) is 1.96. The summed E-state index contributed by atoms with van der Waals surface area (Å²) in [6, 6.07) is 0. The molecule has 0 unspecified atom stereocenters. The van der Waals surface area contributed by atoms with Gasteiger partial charge in [0, 0.05) is 20.1 Å². The van der Waals surface area contributed by atoms with Crippen LogP contribution in [0.5, 0.6) is 0 Å². The number of ketones is 1. The molecule has 0 fully saturated rings. The lowest BCUT2D eigenvalue weighted by molar-refractivity contribution is -0.142. The Kier molecular flexibility index (Phi) is 7.85. The van der Waals surface area contributed by atoms with E-state index in [2.05, 4.69) is 4.74 Å². The first-order valence-corrected chi connectivity index (χ1v) is 4.86. The van der Waals surface area contributed by atoms with Gasteiger partial charge in [0.15, 0.2) is 0 Å². The summed E-state index contributed by atoms with van der Waals surface area (Å²) in [7, 11) is 4.78. The van der Waals surface area contributed by atoms with Gasteiger partial charge >= 0.3 is 5.97 Å². The average molecular weight is 217 g/mol. The number of rotatable bonds is 8. The van der Waals surface area contributed by atoms with E-state index < -0.39 is 0 Å². The molecule has 0 rings (SSSR count). The maximum atomic E-state index is 11.3. The summed E-state index contributed by atoms with van der Waals surface area (Å²) < 4.78 is 9.33. The number of nitrogens with zero attached hydrogens (tertiary/aromatic N) is 1. The quantitative estimate of drug-likeness (QED) is 0.539. The molecule has 0 aromatic heterocycles. The number of methoxy groups -OCH3 is 2. The minimum Gasteiger partial charge on any atom is -0.469 e. The monoisotopic (exact) mass is 217 g/mol. The Bertz CT molecular complexity index is 206. The van der Waals surface area contributed by atoms with Crippen molar-refractivity contribution in [2.75, 3.05) is 41.0 Å². The molecule has 5 nitrogen and oxygen atoms in total. The smallest absolute Gasteiger partial charge is 0.305 e. The van der Waals surface area contributed by atoms with E-state index >= 15 is 0 Å². The molecule has 0 aliphatic heterocycles. The van der Waals surface area contributed by atoms with Crippen LogP contribution in [0.15, 0.2) is 0 Å². The summed E-state index contributed by atoms with van der Waals surface area (Å²) >= 11 is 0. The summed E-state index contributed by atoms with van der Waals surface area (Å²) in [5.41, 5.74) is 0. The Balaban J connectivity index is 3.59. The lowest BCUT2D eigenvalue weighted by Crippen LogP contribution is -2.29. The topological polar surface area (TPSA) is 55.8 Å². The highest BCUT2D eigenvalue weighted by Crippen LogP contribution is 1.95. The van der Waals surface area contributed by atoms with E-state index in [1.54, 1.807) is 7.11 Å². The molecule has 0 aliphatic rings. The van der Waals surface area contributed by atoms with Gasteiger partial charge in [-0.15, -0.1) is 0 Å². The predicted octanol–water partition coefficient (Wildman–Crippen LogP) is 0.0869. The standard InChI is InChI=1S/C10H19NO4/c1-11(6-7-14-2)8-9(12)4-5-10(13)15-3/h4-8H2,1-3H3. The van der Waals surface area contributed by atoms with Gasteiger partial charge in [0.1, 0.15) is 5.78 Å². The molecule has 0 spiro atoms. The van der Waals surface area contributed by atoms with Crippen LogP contribution in [0, 0.1) is 0 Å². The molecule has 0 N–H and O–H groups in total. The van der Waals surface area contributed by atoms with Crippen LogP contribution in [0.3, 0.4) is 0 Å². The van der Waals surface area contributed by atoms with Gasteiger partial charge in [-0.2, -0.15) is 0 Å². The summed E-state index contributed by atoms with van der Waals surface area (Å²) in [6.45, 7) is 1.65. The first-order valence-electron chi connectivity index (χ1n) is 4.86. The third kappa shape index (κ3) is 8.08. The van der Waals surface area contributed by atoms with E-state index in [1.807, 2.05) is 11.9 Å². The zero-order valence-electron chi connectivity index (χ0n) is 9.62. The van der Waals surface area contributed by atoms with Crippen molar-refractivity contribution in [1.29, 1.82) is 0 Å². The molecule has 0 radical (unpaired) electrons. The minimum atomic E-state index is -0.345. The molecular formula is C10H19NO4. The van der Waals surface area contributed by atoms with E-state index in [0.29, 0.717) is 19.7 Å². The maximum Gasteiger partial charge on any atom is 0.305 e. The molecule has 0 aliphatic carbocycles. The lowest BCUT2D eigenvalue weighted by atomic mass is 10.2. The maximum absolute atomic E-state index is 11.3. The van der Waals surface area contributed by atoms with E-state index in [4.69, 9.17) is 4.74 Å². The summed E-state index contributed by atoms with van der Waals surface area (Å²) in [6.07, 6.45) is 0.400. The van der Waals surface area contributed by atoms with Gasteiger partial charge in [-0.05, 0) is 7.05 Å². The minimum absolute atomic E-state index is 0.0407. The molecule has 15 heavy (non-hydrogen) atoms. The van der Waals surface area contributed by atoms with Gasteiger partial charge < -0.3 is 9.47 Å². The molecule has 0 atom stereocenters. The first-order chi connectivity index (χ1) is 7.10. The van der Waals surface area contributed by atoms with Crippen LogP contribution in [0.4, 0.5) is 0 Å². The van der Waals surface area contributed by atoms with Crippen molar-refractivity contribution in [2.24, 2.45) is 0 Å². The number of ether oxygens (including phenoxy) is 2. The van der Waals surface area contributed by atoms with Gasteiger partial charge in [-0.25, -0.2) is 0 Å². The Morgan fingerprint density at radius 3 is 2.40 bits per heavy atom. The van der Waals surface area contributed by atoms with Gasteiger partial charge in [-0.3, -0.25) is 14.5 Å². The fourth-order valence-electron chi connectivity index (χ4n) is 1.05. The summed E-state index contributed by atoms with van der Waals surface area (Å²) in [5.74, 6) is -0.304. The molecule has 0 saturated carbocycles. The number of hydrogen-bond acceptors (Lipinski definition) is 5. The third-order valence-corrected chi connectivity index (χ3v) is 1.96. The van der Waals surface area contributed by atoms with Crippen LogP contribution in [0.25, 0.3) is 0 Å². The average Bonchev–Trinajstić information content (AvgIpc) is 2.22. The lowest BCUT2D eigenvalue weighted by Gasteiger charge is -2.14. The van der Waals surface area contributed by atoms with Gasteiger partial charge in [0.25, 0.3) is 0 Å². The second kappa shape index (κ2) is 8.38. The normalized spacial score (nSPS) is 10.4. The summed E-state index contributed by atoms with van der Waals surface area (Å²) in [4.78, 5) is 24.0. The number of Topliss-reactive ketones (excluding diaryl/α,β-unsaturated/α-hetero) is 1. The van der Waals surface area contributed by atoms with Crippen LogP contribution in [0.2, 0.25) is 0 Å². The van der Waals surface area contributed by atoms with Crippen LogP contribution >= 0.6 is 0 Å². The Morgan fingerprint density at radius 2 is 1.87 bits per heavy atom. The largest absolute Gasteiger partial charge is 0.469 e. The number of hydrogen-bond donors (Lipinski definition) is 0. The van der Waals surface area contributed by atoms with Crippen molar-refractivity contribution >= 4 is 11.8 Å². The van der Waals surface area contributed by atoms with Crippen LogP contribution in [0.1, 0.15) is 12.8 Å². The second-order valence-corrected chi connectivity index (χ2v) is 3.35. The van der Waals surface area contributed by atoms with Crippen molar-refractivity contribution in [3.8, 4) is 0 Å². The van der Waals surface area contributed by atoms with E-state index in [0.717, 1.165) is 0 Å². The fourth-order valence-corrected chi connectivity index (χ4v) is 1.05. The Hall–Kier alpha value is -0.940. The van der Waals surface area contributed by atoms with Crippen molar-refractivity contribution < 1.29 is 19.1 Å². The molecule has 0 amide bonds. The van der Waals surface area contributed by atoms with Crippen molar-refractivity contribution in [3.63, 3.8) is 0 Å². The predicted molar refractivity (Wildman–Crippen MR) is 55.6 cm³/mol. The highest BCUT2D eigenvalue weighted by atomic mass is 16.5. The van der Waals surface area contributed by atoms with Crippen molar-refractivity contribution in [3.05, 3.63) is 0 Å². The fraction of sp³-hybridized carbons (Fsp3) is 0.800. The van der Waals surface area contributed by atoms with E-state index in [9.17, 15) is 9.59 Å². The zero-order valence-corrected chi connectivity index (χ0v) is 9.62. The number of carbonyl (C=O) groups is 2. The number of carbonyl (C=O) groups excluding carboxylic acids is 2. The van der Waals surface area contributed by atoms with Crippen molar-refractivity contribution in [2.45, 2.75) is 12.8 Å². The Morgan fingerprint density at radius 1 is 1.20 bits per heavy atom. The summed E-state index contributed by atoms with van der Waals surface area (Å²) in [5, 5.41) is 0. The van der Waals surface area contributed by atoms with E-state index in [1.165, 1.54) is 7.11 Å².